The first kappa shape index (κ1) is 17.0. The molecule has 2 aromatic heterocycles. The topological polar surface area (TPSA) is 73.1 Å². The third-order valence-corrected chi connectivity index (χ3v) is 4.05. The molecule has 0 radical (unpaired) electrons. The van der Waals surface area contributed by atoms with Gasteiger partial charge in [-0.3, -0.25) is 0 Å². The third kappa shape index (κ3) is 3.87. The van der Waals surface area contributed by atoms with Crippen molar-refractivity contribution in [2.45, 2.75) is 6.42 Å². The van der Waals surface area contributed by atoms with Gasteiger partial charge in [-0.15, -0.1) is 0 Å². The summed E-state index contributed by atoms with van der Waals surface area (Å²) in [6.45, 7) is 0.582. The highest BCUT2D eigenvalue weighted by molar-refractivity contribution is 5.81. The summed E-state index contributed by atoms with van der Waals surface area (Å²) in [5.74, 6) is 1.07. The lowest BCUT2D eigenvalue weighted by Crippen LogP contribution is -2.10. The van der Waals surface area contributed by atoms with E-state index in [4.69, 9.17) is 9.15 Å². The van der Waals surface area contributed by atoms with E-state index in [1.54, 1.807) is 12.1 Å². The Morgan fingerprint density at radius 2 is 1.85 bits per heavy atom. The summed E-state index contributed by atoms with van der Waals surface area (Å²) in [4.78, 5) is 12.9. The molecule has 0 aliphatic rings. The Kier molecular flexibility index (Phi) is 4.65. The van der Waals surface area contributed by atoms with Crippen LogP contribution in [0.4, 0.5) is 10.3 Å². The number of para-hydroxylation sites is 1. The Morgan fingerprint density at radius 3 is 2.63 bits per heavy atom. The fourth-order valence-electron chi connectivity index (χ4n) is 2.70. The largest absolute Gasteiger partial charge is 0.467 e. The van der Waals surface area contributed by atoms with Crippen LogP contribution in [-0.4, -0.2) is 28.6 Å². The highest BCUT2D eigenvalue weighted by Gasteiger charge is 2.13. The van der Waals surface area contributed by atoms with Crippen LogP contribution >= 0.6 is 0 Å². The Bertz CT molecular complexity index is 1030. The Hall–Kier alpha value is -3.48. The van der Waals surface area contributed by atoms with Gasteiger partial charge >= 0.3 is 6.01 Å². The van der Waals surface area contributed by atoms with Crippen LogP contribution in [0.3, 0.4) is 0 Å². The normalized spacial score (nSPS) is 10.9. The highest BCUT2D eigenvalue weighted by Crippen LogP contribution is 2.26. The lowest BCUT2D eigenvalue weighted by atomic mass is 10.1. The maximum atomic E-state index is 13.0. The van der Waals surface area contributed by atoms with Gasteiger partial charge in [0.05, 0.1) is 7.11 Å². The molecule has 6 nitrogen and oxygen atoms in total. The maximum absolute atomic E-state index is 13.0. The fraction of sp³-hybridized carbons (Fsp3) is 0.150. The average molecular weight is 364 g/mol. The number of furan rings is 1. The summed E-state index contributed by atoms with van der Waals surface area (Å²) in [6, 6.07) is 16.2. The molecular formula is C20H17FN4O2. The minimum absolute atomic E-state index is 0.199. The van der Waals surface area contributed by atoms with E-state index < -0.39 is 0 Å². The summed E-state index contributed by atoms with van der Waals surface area (Å²) >= 11 is 0. The van der Waals surface area contributed by atoms with Crippen molar-refractivity contribution in [2.24, 2.45) is 0 Å². The monoisotopic (exact) mass is 364 g/mol. The number of aromatic nitrogens is 3. The van der Waals surface area contributed by atoms with E-state index in [2.05, 4.69) is 20.3 Å². The standard InChI is InChI=1S/C20H17FN4O2/c1-26-20-24-18(17-12-14-4-2-3-5-16(14)27-17)23-19(25-20)22-11-10-13-6-8-15(21)9-7-13/h2-9,12H,10-11H2,1H3,(H,22,23,24,25). The molecule has 0 bridgehead atoms. The van der Waals surface area contributed by atoms with E-state index in [1.807, 2.05) is 30.3 Å². The number of benzene rings is 2. The van der Waals surface area contributed by atoms with Crippen LogP contribution in [0.25, 0.3) is 22.6 Å². The second kappa shape index (κ2) is 7.41. The van der Waals surface area contributed by atoms with Gasteiger partial charge in [-0.2, -0.15) is 15.0 Å². The van der Waals surface area contributed by atoms with Gasteiger partial charge < -0.3 is 14.5 Å². The van der Waals surface area contributed by atoms with Gasteiger partial charge in [0.25, 0.3) is 0 Å². The number of nitrogens with zero attached hydrogens (tertiary/aromatic N) is 3. The molecule has 0 saturated heterocycles. The first-order valence-electron chi connectivity index (χ1n) is 8.48. The maximum Gasteiger partial charge on any atom is 0.321 e. The zero-order valence-electron chi connectivity index (χ0n) is 14.6. The molecular weight excluding hydrogens is 347 g/mol. The van der Waals surface area contributed by atoms with Gasteiger partial charge in [0.1, 0.15) is 11.4 Å². The fourth-order valence-corrected chi connectivity index (χ4v) is 2.70. The van der Waals surface area contributed by atoms with E-state index in [1.165, 1.54) is 19.2 Å². The lowest BCUT2D eigenvalue weighted by Gasteiger charge is -2.07. The highest BCUT2D eigenvalue weighted by atomic mass is 19.1. The van der Waals surface area contributed by atoms with Gasteiger partial charge in [-0.05, 0) is 36.2 Å². The van der Waals surface area contributed by atoms with Crippen LogP contribution in [0, 0.1) is 5.82 Å². The molecule has 4 rings (SSSR count). The number of anilines is 1. The second-order valence-electron chi connectivity index (χ2n) is 5.92. The van der Waals surface area contributed by atoms with Crippen LogP contribution in [0.15, 0.2) is 59.0 Å². The number of ether oxygens (including phenoxy) is 1. The van der Waals surface area contributed by atoms with E-state index in [0.29, 0.717) is 30.5 Å². The molecule has 7 heteroatoms. The van der Waals surface area contributed by atoms with Crippen molar-refractivity contribution in [1.29, 1.82) is 0 Å². The van der Waals surface area contributed by atoms with Gasteiger partial charge in [-0.25, -0.2) is 4.39 Å². The molecule has 0 spiro atoms. The number of methoxy groups -OCH3 is 1. The van der Waals surface area contributed by atoms with Crippen molar-refractivity contribution in [3.05, 3.63) is 66.0 Å². The number of hydrogen-bond donors (Lipinski definition) is 1. The molecule has 4 aromatic rings. The second-order valence-corrected chi connectivity index (χ2v) is 5.92. The summed E-state index contributed by atoms with van der Waals surface area (Å²) in [7, 11) is 1.50. The number of halogens is 1. The van der Waals surface area contributed by atoms with Crippen LogP contribution in [0.2, 0.25) is 0 Å². The summed E-state index contributed by atoms with van der Waals surface area (Å²) in [5, 5.41) is 4.12. The van der Waals surface area contributed by atoms with Gasteiger partial charge in [0, 0.05) is 11.9 Å². The minimum atomic E-state index is -0.246. The van der Waals surface area contributed by atoms with Crippen molar-refractivity contribution < 1.29 is 13.5 Å². The molecule has 0 saturated carbocycles. The quantitative estimate of drug-likeness (QED) is 0.556. The van der Waals surface area contributed by atoms with Crippen LogP contribution in [0.5, 0.6) is 6.01 Å². The molecule has 0 unspecified atom stereocenters. The van der Waals surface area contributed by atoms with Crippen LogP contribution < -0.4 is 10.1 Å². The average Bonchev–Trinajstić information content (AvgIpc) is 3.13. The Morgan fingerprint density at radius 1 is 1.04 bits per heavy atom. The minimum Gasteiger partial charge on any atom is -0.467 e. The van der Waals surface area contributed by atoms with Crippen LogP contribution in [0.1, 0.15) is 5.56 Å². The lowest BCUT2D eigenvalue weighted by molar-refractivity contribution is 0.379. The van der Waals surface area contributed by atoms with E-state index in [9.17, 15) is 4.39 Å². The first-order valence-corrected chi connectivity index (χ1v) is 8.48. The number of nitrogens with one attached hydrogen (secondary N) is 1. The molecule has 0 aliphatic heterocycles. The molecule has 0 amide bonds. The molecule has 2 aromatic carbocycles. The van der Waals surface area contributed by atoms with Gasteiger partial charge in [0.2, 0.25) is 11.8 Å². The molecule has 2 heterocycles. The predicted molar refractivity (Wildman–Crippen MR) is 100 cm³/mol. The SMILES string of the molecule is COc1nc(NCCc2ccc(F)cc2)nc(-c2cc3ccccc3o2)n1. The number of fused-ring (bicyclic) bond motifs is 1. The van der Waals surface area contributed by atoms with Gasteiger partial charge in [-0.1, -0.05) is 30.3 Å². The molecule has 1 N–H and O–H groups in total. The van der Waals surface area contributed by atoms with Crippen molar-refractivity contribution >= 4 is 16.9 Å². The summed E-state index contributed by atoms with van der Waals surface area (Å²) < 4.78 is 24.0. The number of rotatable bonds is 6. The van der Waals surface area contributed by atoms with Crippen molar-refractivity contribution in [3.63, 3.8) is 0 Å². The van der Waals surface area contributed by atoms with Gasteiger partial charge in [0.15, 0.2) is 5.76 Å². The predicted octanol–water partition coefficient (Wildman–Crippen LogP) is 4.09. The smallest absolute Gasteiger partial charge is 0.321 e. The summed E-state index contributed by atoms with van der Waals surface area (Å²) in [5.41, 5.74) is 1.78. The van der Waals surface area contributed by atoms with E-state index in [0.717, 1.165) is 16.5 Å². The molecule has 0 atom stereocenters. The molecule has 0 fully saturated rings. The Balaban J connectivity index is 1.54. The third-order valence-electron chi connectivity index (χ3n) is 4.05. The first-order chi connectivity index (χ1) is 13.2. The van der Waals surface area contributed by atoms with Crippen molar-refractivity contribution in [2.75, 3.05) is 19.0 Å². The van der Waals surface area contributed by atoms with Crippen molar-refractivity contribution in [3.8, 4) is 17.6 Å². The summed E-state index contributed by atoms with van der Waals surface area (Å²) in [6.07, 6.45) is 0.703. The zero-order valence-corrected chi connectivity index (χ0v) is 14.6. The molecule has 27 heavy (non-hydrogen) atoms. The van der Waals surface area contributed by atoms with E-state index in [-0.39, 0.29) is 11.8 Å². The van der Waals surface area contributed by atoms with Crippen LogP contribution in [-0.2, 0) is 6.42 Å². The molecule has 136 valence electrons. The number of hydrogen-bond acceptors (Lipinski definition) is 6. The van der Waals surface area contributed by atoms with E-state index >= 15 is 0 Å². The Labute approximate surface area is 155 Å². The van der Waals surface area contributed by atoms with Crippen molar-refractivity contribution in [1.82, 2.24) is 15.0 Å². The zero-order chi connectivity index (χ0) is 18.6. The molecule has 0 aliphatic carbocycles.